The minimum atomic E-state index is -0.186. The lowest BCUT2D eigenvalue weighted by atomic mass is 10.1. The molecule has 0 saturated carbocycles. The number of ether oxygens (including phenoxy) is 1. The second kappa shape index (κ2) is 8.44. The first-order valence-corrected chi connectivity index (χ1v) is 8.57. The average Bonchev–Trinajstić information content (AvgIpc) is 3.14. The summed E-state index contributed by atoms with van der Waals surface area (Å²) < 4.78 is 5.61. The minimum Gasteiger partial charge on any atom is -0.376 e. The molecular formula is C20H23N3O2. The maximum Gasteiger partial charge on any atom is 0.257 e. The molecule has 1 saturated heterocycles. The highest BCUT2D eigenvalue weighted by Crippen LogP contribution is 2.12. The summed E-state index contributed by atoms with van der Waals surface area (Å²) in [6.07, 6.45) is 2.20. The van der Waals surface area contributed by atoms with E-state index in [1.807, 2.05) is 61.5 Å². The van der Waals surface area contributed by atoms with Crippen LogP contribution in [0.15, 0.2) is 59.6 Å². The van der Waals surface area contributed by atoms with Gasteiger partial charge in [0.05, 0.1) is 12.6 Å². The third kappa shape index (κ3) is 5.16. The van der Waals surface area contributed by atoms with Gasteiger partial charge in [0.2, 0.25) is 5.96 Å². The van der Waals surface area contributed by atoms with Gasteiger partial charge in [0.15, 0.2) is 0 Å². The zero-order valence-corrected chi connectivity index (χ0v) is 14.4. The first kappa shape index (κ1) is 17.2. The van der Waals surface area contributed by atoms with E-state index >= 15 is 0 Å². The Bertz CT molecular complexity index is 720. The van der Waals surface area contributed by atoms with Crippen LogP contribution < -0.4 is 10.6 Å². The minimum absolute atomic E-state index is 0.129. The molecule has 1 aliphatic heterocycles. The summed E-state index contributed by atoms with van der Waals surface area (Å²) in [4.78, 5) is 17.0. The number of amides is 1. The van der Waals surface area contributed by atoms with Gasteiger partial charge in [-0.15, -0.1) is 0 Å². The van der Waals surface area contributed by atoms with E-state index in [9.17, 15) is 4.79 Å². The van der Waals surface area contributed by atoms with Crippen molar-refractivity contribution in [2.24, 2.45) is 4.99 Å². The summed E-state index contributed by atoms with van der Waals surface area (Å²) in [5, 5.41) is 6.05. The van der Waals surface area contributed by atoms with Crippen LogP contribution in [0.1, 0.15) is 28.8 Å². The second-order valence-electron chi connectivity index (χ2n) is 6.14. The fourth-order valence-electron chi connectivity index (χ4n) is 2.63. The zero-order chi connectivity index (χ0) is 17.5. The van der Waals surface area contributed by atoms with Crippen LogP contribution in [0.2, 0.25) is 0 Å². The Kier molecular flexibility index (Phi) is 5.80. The molecule has 0 radical (unpaired) electrons. The second-order valence-corrected chi connectivity index (χ2v) is 6.14. The normalized spacial score (nSPS) is 17.3. The van der Waals surface area contributed by atoms with Crippen LogP contribution in [-0.4, -0.2) is 31.1 Å². The van der Waals surface area contributed by atoms with Crippen LogP contribution in [0.25, 0.3) is 0 Å². The smallest absolute Gasteiger partial charge is 0.257 e. The number of carbonyl (C=O) groups is 1. The average molecular weight is 337 g/mol. The Morgan fingerprint density at radius 2 is 1.92 bits per heavy atom. The molecule has 5 heteroatoms. The van der Waals surface area contributed by atoms with Crippen molar-refractivity contribution in [3.63, 3.8) is 0 Å². The highest BCUT2D eigenvalue weighted by atomic mass is 16.5. The van der Waals surface area contributed by atoms with Gasteiger partial charge in [-0.25, -0.2) is 4.99 Å². The number of nitrogens with one attached hydrogen (secondary N) is 2. The molecule has 5 nitrogen and oxygen atoms in total. The SMILES string of the molecule is Cc1ccc(C(=O)NC(=NCC2CCCO2)Nc2ccccc2)cc1. The summed E-state index contributed by atoms with van der Waals surface area (Å²) in [5.74, 6) is 0.252. The quantitative estimate of drug-likeness (QED) is 0.664. The molecule has 0 aromatic heterocycles. The lowest BCUT2D eigenvalue weighted by Crippen LogP contribution is -2.36. The molecule has 1 fully saturated rings. The van der Waals surface area contributed by atoms with Gasteiger partial charge >= 0.3 is 0 Å². The Morgan fingerprint density at radius 1 is 1.16 bits per heavy atom. The number of rotatable bonds is 4. The standard InChI is InChI=1S/C20H23N3O2/c1-15-9-11-16(12-10-15)19(24)23-20(21-14-18-8-5-13-25-18)22-17-6-3-2-4-7-17/h2-4,6-7,9-12,18H,5,8,13-14H2,1H3,(H2,21,22,23,24). The van der Waals surface area contributed by atoms with Crippen molar-refractivity contribution in [3.8, 4) is 0 Å². The van der Waals surface area contributed by atoms with Gasteiger partial charge in [-0.05, 0) is 44.0 Å². The first-order valence-electron chi connectivity index (χ1n) is 8.57. The number of guanidine groups is 1. The zero-order valence-electron chi connectivity index (χ0n) is 14.4. The third-order valence-corrected chi connectivity index (χ3v) is 4.06. The first-order chi connectivity index (χ1) is 12.2. The molecular weight excluding hydrogens is 314 g/mol. The van der Waals surface area contributed by atoms with Gasteiger partial charge in [0.1, 0.15) is 0 Å². The Morgan fingerprint density at radius 3 is 2.60 bits per heavy atom. The molecule has 1 heterocycles. The van der Waals surface area contributed by atoms with E-state index in [0.717, 1.165) is 30.7 Å². The van der Waals surface area contributed by atoms with Crippen molar-refractivity contribution in [1.29, 1.82) is 0 Å². The van der Waals surface area contributed by atoms with Crippen LogP contribution in [-0.2, 0) is 4.74 Å². The monoisotopic (exact) mass is 337 g/mol. The van der Waals surface area contributed by atoms with Crippen molar-refractivity contribution in [1.82, 2.24) is 5.32 Å². The molecule has 0 bridgehead atoms. The van der Waals surface area contributed by atoms with E-state index < -0.39 is 0 Å². The van der Waals surface area contributed by atoms with Gasteiger partial charge in [-0.3, -0.25) is 10.1 Å². The number of hydrogen-bond acceptors (Lipinski definition) is 3. The van der Waals surface area contributed by atoms with Crippen molar-refractivity contribution in [2.45, 2.75) is 25.9 Å². The van der Waals surface area contributed by atoms with E-state index in [4.69, 9.17) is 4.74 Å². The highest BCUT2D eigenvalue weighted by Gasteiger charge is 2.16. The largest absolute Gasteiger partial charge is 0.376 e. The van der Waals surface area contributed by atoms with Crippen LogP contribution in [0, 0.1) is 6.92 Å². The van der Waals surface area contributed by atoms with Crippen molar-refractivity contribution >= 4 is 17.6 Å². The summed E-state index contributed by atoms with van der Waals surface area (Å²) in [6, 6.07) is 17.1. The predicted molar refractivity (Wildman–Crippen MR) is 100.0 cm³/mol. The maximum absolute atomic E-state index is 12.5. The summed E-state index contributed by atoms with van der Waals surface area (Å²) in [7, 11) is 0. The topological polar surface area (TPSA) is 62.7 Å². The summed E-state index contributed by atoms with van der Waals surface area (Å²) in [5.41, 5.74) is 2.59. The molecule has 1 aliphatic rings. The number of hydrogen-bond donors (Lipinski definition) is 2. The maximum atomic E-state index is 12.5. The number of carbonyl (C=O) groups excluding carboxylic acids is 1. The van der Waals surface area contributed by atoms with Gasteiger partial charge in [0, 0.05) is 17.9 Å². The van der Waals surface area contributed by atoms with E-state index in [0.29, 0.717) is 18.1 Å². The molecule has 1 atom stereocenters. The molecule has 0 spiro atoms. The molecule has 2 N–H and O–H groups in total. The molecule has 1 unspecified atom stereocenters. The Labute approximate surface area is 148 Å². The number of aliphatic imine (C=N–C) groups is 1. The van der Waals surface area contributed by atoms with Crippen molar-refractivity contribution < 1.29 is 9.53 Å². The van der Waals surface area contributed by atoms with Crippen molar-refractivity contribution in [2.75, 3.05) is 18.5 Å². The lowest BCUT2D eigenvalue weighted by molar-refractivity contribution is 0.0975. The van der Waals surface area contributed by atoms with Crippen LogP contribution in [0.4, 0.5) is 5.69 Å². The molecule has 3 rings (SSSR count). The molecule has 2 aromatic rings. The van der Waals surface area contributed by atoms with Gasteiger partial charge in [-0.1, -0.05) is 35.9 Å². The Hall–Kier alpha value is -2.66. The van der Waals surface area contributed by atoms with Crippen LogP contribution >= 0.6 is 0 Å². The Balaban J connectivity index is 1.71. The number of nitrogens with zero attached hydrogens (tertiary/aromatic N) is 1. The van der Waals surface area contributed by atoms with E-state index in [-0.39, 0.29) is 12.0 Å². The van der Waals surface area contributed by atoms with E-state index in [1.165, 1.54) is 0 Å². The van der Waals surface area contributed by atoms with Gasteiger partial charge in [-0.2, -0.15) is 0 Å². The highest BCUT2D eigenvalue weighted by molar-refractivity contribution is 6.09. The lowest BCUT2D eigenvalue weighted by Gasteiger charge is -2.13. The van der Waals surface area contributed by atoms with Crippen molar-refractivity contribution in [3.05, 3.63) is 65.7 Å². The molecule has 0 aliphatic carbocycles. The fourth-order valence-corrected chi connectivity index (χ4v) is 2.63. The van der Waals surface area contributed by atoms with E-state index in [2.05, 4.69) is 15.6 Å². The third-order valence-electron chi connectivity index (χ3n) is 4.06. The number of anilines is 1. The molecule has 2 aromatic carbocycles. The fraction of sp³-hybridized carbons (Fsp3) is 0.300. The molecule has 130 valence electrons. The van der Waals surface area contributed by atoms with Crippen LogP contribution in [0.3, 0.4) is 0 Å². The number of benzene rings is 2. The number of para-hydroxylation sites is 1. The van der Waals surface area contributed by atoms with Crippen LogP contribution in [0.5, 0.6) is 0 Å². The molecule has 25 heavy (non-hydrogen) atoms. The predicted octanol–water partition coefficient (Wildman–Crippen LogP) is 3.37. The van der Waals surface area contributed by atoms with Gasteiger partial charge in [0.25, 0.3) is 5.91 Å². The summed E-state index contributed by atoms with van der Waals surface area (Å²) in [6.45, 7) is 3.31. The number of aryl methyl sites for hydroxylation is 1. The van der Waals surface area contributed by atoms with Gasteiger partial charge < -0.3 is 10.1 Å². The molecule has 1 amide bonds. The van der Waals surface area contributed by atoms with E-state index in [1.54, 1.807) is 0 Å². The summed E-state index contributed by atoms with van der Waals surface area (Å²) >= 11 is 0.